The van der Waals surface area contributed by atoms with Gasteiger partial charge in [-0.3, -0.25) is 14.7 Å². The summed E-state index contributed by atoms with van der Waals surface area (Å²) in [6.45, 7) is 5.00. The molecule has 0 spiro atoms. The van der Waals surface area contributed by atoms with Crippen LogP contribution in [0.1, 0.15) is 29.8 Å². The molecule has 1 aromatic heterocycles. The molecular weight excluding hydrogens is 246 g/mol. The van der Waals surface area contributed by atoms with Gasteiger partial charge in [0, 0.05) is 30.8 Å². The van der Waals surface area contributed by atoms with E-state index in [1.54, 1.807) is 4.90 Å². The molecule has 0 bridgehead atoms. The minimum absolute atomic E-state index is 0.0560. The number of rotatable bonds is 4. The van der Waals surface area contributed by atoms with Gasteiger partial charge in [-0.25, -0.2) is 0 Å². The summed E-state index contributed by atoms with van der Waals surface area (Å²) in [5.74, 6) is -0.644. The maximum absolute atomic E-state index is 12.2. The van der Waals surface area contributed by atoms with Crippen LogP contribution in [0.2, 0.25) is 0 Å². The molecule has 0 saturated carbocycles. The van der Waals surface area contributed by atoms with E-state index in [9.17, 15) is 9.59 Å². The van der Waals surface area contributed by atoms with Gasteiger partial charge in [-0.15, -0.1) is 0 Å². The molecule has 6 heteroatoms. The van der Waals surface area contributed by atoms with E-state index >= 15 is 0 Å². The summed E-state index contributed by atoms with van der Waals surface area (Å²) in [5, 5.41) is 15.7. The van der Waals surface area contributed by atoms with Gasteiger partial charge in [-0.05, 0) is 26.2 Å². The minimum Gasteiger partial charge on any atom is -0.481 e. The molecule has 104 valence electrons. The quantitative estimate of drug-likeness (QED) is 0.846. The molecule has 2 N–H and O–H groups in total. The van der Waals surface area contributed by atoms with Gasteiger partial charge in [0.15, 0.2) is 0 Å². The molecule has 1 amide bonds. The number of carbonyl (C=O) groups is 2. The van der Waals surface area contributed by atoms with Crippen molar-refractivity contribution in [2.24, 2.45) is 5.92 Å². The number of aromatic nitrogens is 2. The number of aromatic amines is 1. The third-order valence-electron chi connectivity index (χ3n) is 3.71. The Morgan fingerprint density at radius 1 is 1.47 bits per heavy atom. The first-order chi connectivity index (χ1) is 8.97. The number of amides is 1. The van der Waals surface area contributed by atoms with Gasteiger partial charge < -0.3 is 10.0 Å². The van der Waals surface area contributed by atoms with Gasteiger partial charge >= 0.3 is 5.97 Å². The molecule has 1 aliphatic rings. The molecule has 1 fully saturated rings. The van der Waals surface area contributed by atoms with Crippen molar-refractivity contribution in [3.63, 3.8) is 0 Å². The zero-order valence-electron chi connectivity index (χ0n) is 11.3. The number of nitrogens with one attached hydrogen (secondary N) is 1. The fourth-order valence-corrected chi connectivity index (χ4v) is 2.57. The summed E-state index contributed by atoms with van der Waals surface area (Å²) in [6, 6.07) is 0. The van der Waals surface area contributed by atoms with Gasteiger partial charge in [0.25, 0.3) is 0 Å². The van der Waals surface area contributed by atoms with Crippen molar-refractivity contribution in [3.8, 4) is 0 Å². The zero-order valence-corrected chi connectivity index (χ0v) is 11.3. The van der Waals surface area contributed by atoms with E-state index in [2.05, 4.69) is 10.2 Å². The Hall–Kier alpha value is -1.85. The molecular formula is C13H19N3O3. The summed E-state index contributed by atoms with van der Waals surface area (Å²) in [7, 11) is 0. The van der Waals surface area contributed by atoms with E-state index in [1.807, 2.05) is 13.8 Å². The van der Waals surface area contributed by atoms with Crippen LogP contribution in [0.25, 0.3) is 0 Å². The number of carboxylic acids is 1. The Kier molecular flexibility index (Phi) is 3.87. The van der Waals surface area contributed by atoms with Crippen molar-refractivity contribution in [2.45, 2.75) is 33.1 Å². The second kappa shape index (κ2) is 5.42. The first-order valence-electron chi connectivity index (χ1n) is 6.47. The Labute approximate surface area is 111 Å². The van der Waals surface area contributed by atoms with Gasteiger partial charge in [-0.2, -0.15) is 5.10 Å². The fourth-order valence-electron chi connectivity index (χ4n) is 2.57. The largest absolute Gasteiger partial charge is 0.481 e. The molecule has 2 rings (SSSR count). The lowest BCUT2D eigenvalue weighted by atomic mass is 10.1. The highest BCUT2D eigenvalue weighted by molar-refractivity contribution is 5.79. The number of nitrogens with zero attached hydrogens (tertiary/aromatic N) is 2. The zero-order chi connectivity index (χ0) is 14.0. The van der Waals surface area contributed by atoms with Gasteiger partial charge in [0.2, 0.25) is 5.91 Å². The third kappa shape index (κ3) is 3.13. The minimum atomic E-state index is -0.791. The van der Waals surface area contributed by atoms with Gasteiger partial charge in [-0.1, -0.05) is 0 Å². The topological polar surface area (TPSA) is 86.3 Å². The van der Waals surface area contributed by atoms with Crippen LogP contribution in [-0.4, -0.2) is 45.2 Å². The predicted molar refractivity (Wildman–Crippen MR) is 68.7 cm³/mol. The average Bonchev–Trinajstić information content (AvgIpc) is 2.90. The van der Waals surface area contributed by atoms with E-state index in [0.717, 1.165) is 23.4 Å². The van der Waals surface area contributed by atoms with E-state index in [-0.39, 0.29) is 18.2 Å². The number of carboxylic acid groups (broad SMARTS) is 1. The highest BCUT2D eigenvalue weighted by Crippen LogP contribution is 2.21. The molecule has 1 saturated heterocycles. The highest BCUT2D eigenvalue weighted by atomic mass is 16.4. The monoisotopic (exact) mass is 265 g/mol. The van der Waals surface area contributed by atoms with Crippen molar-refractivity contribution in [1.82, 2.24) is 15.1 Å². The summed E-state index contributed by atoms with van der Waals surface area (Å²) in [4.78, 5) is 24.6. The first-order valence-corrected chi connectivity index (χ1v) is 6.47. The van der Waals surface area contributed by atoms with E-state index in [0.29, 0.717) is 19.5 Å². The summed E-state index contributed by atoms with van der Waals surface area (Å²) in [5.41, 5.74) is 2.73. The molecule has 6 nitrogen and oxygen atoms in total. The summed E-state index contributed by atoms with van der Waals surface area (Å²) >= 11 is 0. The Morgan fingerprint density at radius 3 is 2.79 bits per heavy atom. The molecule has 1 unspecified atom stereocenters. The number of likely N-dealkylation sites (tertiary alicyclic amines) is 1. The molecule has 1 aliphatic heterocycles. The summed E-state index contributed by atoms with van der Waals surface area (Å²) < 4.78 is 0. The maximum Gasteiger partial charge on any atom is 0.303 e. The van der Waals surface area contributed by atoms with Crippen molar-refractivity contribution < 1.29 is 14.7 Å². The molecule has 19 heavy (non-hydrogen) atoms. The molecule has 0 aliphatic carbocycles. The van der Waals surface area contributed by atoms with E-state index in [4.69, 9.17) is 5.11 Å². The average molecular weight is 265 g/mol. The first kappa shape index (κ1) is 13.6. The van der Waals surface area contributed by atoms with Crippen LogP contribution in [-0.2, 0) is 16.0 Å². The van der Waals surface area contributed by atoms with E-state index < -0.39 is 5.97 Å². The normalized spacial score (nSPS) is 18.8. The number of carbonyl (C=O) groups excluding carboxylic acids is 1. The van der Waals surface area contributed by atoms with Crippen molar-refractivity contribution in [3.05, 3.63) is 17.0 Å². The lowest BCUT2D eigenvalue weighted by Gasteiger charge is -2.16. The van der Waals surface area contributed by atoms with Crippen LogP contribution in [0.5, 0.6) is 0 Å². The van der Waals surface area contributed by atoms with Gasteiger partial charge in [0.1, 0.15) is 0 Å². The molecule has 1 aromatic rings. The standard InChI is InChI=1S/C13H19N3O3/c1-8-11(9(2)15-14-8)6-12(17)16-4-3-10(7-16)5-13(18)19/h10H,3-7H2,1-2H3,(H,14,15)(H,18,19). The van der Waals surface area contributed by atoms with Crippen LogP contribution < -0.4 is 0 Å². The fraction of sp³-hybridized carbons (Fsp3) is 0.615. The smallest absolute Gasteiger partial charge is 0.303 e. The second-order valence-electron chi connectivity index (χ2n) is 5.18. The SMILES string of the molecule is Cc1n[nH]c(C)c1CC(=O)N1CCC(CC(=O)O)C1. The molecule has 0 aromatic carbocycles. The molecule has 2 heterocycles. The second-order valence-corrected chi connectivity index (χ2v) is 5.18. The Morgan fingerprint density at radius 2 is 2.21 bits per heavy atom. The van der Waals surface area contributed by atoms with Crippen LogP contribution in [0.4, 0.5) is 0 Å². The van der Waals surface area contributed by atoms with Crippen molar-refractivity contribution >= 4 is 11.9 Å². The van der Waals surface area contributed by atoms with Crippen LogP contribution >= 0.6 is 0 Å². The molecule has 0 radical (unpaired) electrons. The lowest BCUT2D eigenvalue weighted by molar-refractivity contribution is -0.138. The maximum atomic E-state index is 12.2. The molecule has 1 atom stereocenters. The van der Waals surface area contributed by atoms with Crippen LogP contribution in [0, 0.1) is 19.8 Å². The predicted octanol–water partition coefficient (Wildman–Crippen LogP) is 0.892. The Balaban J connectivity index is 1.93. The highest BCUT2D eigenvalue weighted by Gasteiger charge is 2.28. The lowest BCUT2D eigenvalue weighted by Crippen LogP contribution is -2.30. The Bertz CT molecular complexity index is 476. The van der Waals surface area contributed by atoms with Crippen molar-refractivity contribution in [1.29, 1.82) is 0 Å². The number of H-pyrrole nitrogens is 1. The van der Waals surface area contributed by atoms with E-state index in [1.165, 1.54) is 0 Å². The van der Waals surface area contributed by atoms with Crippen molar-refractivity contribution in [2.75, 3.05) is 13.1 Å². The number of hydrogen-bond acceptors (Lipinski definition) is 3. The number of hydrogen-bond donors (Lipinski definition) is 2. The number of aryl methyl sites for hydroxylation is 2. The summed E-state index contributed by atoms with van der Waals surface area (Å²) in [6.07, 6.45) is 1.27. The van der Waals surface area contributed by atoms with Crippen LogP contribution in [0.3, 0.4) is 0 Å². The number of aliphatic carboxylic acids is 1. The van der Waals surface area contributed by atoms with Crippen LogP contribution in [0.15, 0.2) is 0 Å². The van der Waals surface area contributed by atoms with Gasteiger partial charge in [0.05, 0.1) is 12.1 Å². The third-order valence-corrected chi connectivity index (χ3v) is 3.71.